The fourth-order valence-corrected chi connectivity index (χ4v) is 7.10. The van der Waals surface area contributed by atoms with Crippen LogP contribution in [0.25, 0.3) is 0 Å². The molecule has 0 aliphatic heterocycles. The van der Waals surface area contributed by atoms with Crippen molar-refractivity contribution in [3.05, 3.63) is 112 Å². The smallest absolute Gasteiger partial charge is 0.265 e. The Morgan fingerprint density at radius 2 is 1.40 bits per heavy atom. The third-order valence-corrected chi connectivity index (χ3v) is 10.1. The Labute approximate surface area is 303 Å². The molecule has 0 heterocycles. The van der Waals surface area contributed by atoms with Crippen LogP contribution in [-0.4, -0.2) is 65.6 Å². The number of carbonyl (C=O) groups excluding carboxylic acids is 2. The van der Waals surface area contributed by atoms with Gasteiger partial charge in [0.05, 0.1) is 31.9 Å². The van der Waals surface area contributed by atoms with Gasteiger partial charge < -0.3 is 24.4 Å². The minimum absolute atomic E-state index is 0.0229. The monoisotopic (exact) mass is 741 g/mol. The molecule has 0 aliphatic carbocycles. The summed E-state index contributed by atoms with van der Waals surface area (Å²) < 4.78 is 46.3. The van der Waals surface area contributed by atoms with Gasteiger partial charge in [0.15, 0.2) is 11.5 Å². The second-order valence-corrected chi connectivity index (χ2v) is 14.6. The lowest BCUT2D eigenvalue weighted by molar-refractivity contribution is -0.140. The van der Waals surface area contributed by atoms with Gasteiger partial charge >= 0.3 is 0 Å². The van der Waals surface area contributed by atoms with Crippen LogP contribution in [0.2, 0.25) is 10.0 Å². The second kappa shape index (κ2) is 17.5. The maximum Gasteiger partial charge on any atom is 0.265 e. The van der Waals surface area contributed by atoms with E-state index in [-0.39, 0.29) is 51.9 Å². The lowest BCUT2D eigenvalue weighted by Gasteiger charge is -2.34. The van der Waals surface area contributed by atoms with Gasteiger partial charge in [0.1, 0.15) is 18.3 Å². The summed E-state index contributed by atoms with van der Waals surface area (Å²) in [7, 11) is -0.295. The molecule has 10 nitrogen and oxygen atoms in total. The number of carbonyl (C=O) groups is 2. The zero-order valence-electron chi connectivity index (χ0n) is 28.6. The summed E-state index contributed by atoms with van der Waals surface area (Å²) >= 11 is 12.7. The Morgan fingerprint density at radius 3 is 2.04 bits per heavy atom. The highest BCUT2D eigenvalue weighted by atomic mass is 35.5. The minimum atomic E-state index is -4.51. The molecule has 266 valence electrons. The van der Waals surface area contributed by atoms with Gasteiger partial charge in [-0.2, -0.15) is 0 Å². The molecule has 0 fully saturated rings. The first-order valence-corrected chi connectivity index (χ1v) is 18.0. The Hall–Kier alpha value is -4.45. The average molecular weight is 743 g/mol. The van der Waals surface area contributed by atoms with E-state index in [1.54, 1.807) is 30.3 Å². The van der Waals surface area contributed by atoms with Gasteiger partial charge in [-0.05, 0) is 59.5 Å². The second-order valence-electron chi connectivity index (χ2n) is 11.8. The summed E-state index contributed by atoms with van der Waals surface area (Å²) in [6.07, 6.45) is 0.167. The number of hydrogen-bond acceptors (Lipinski definition) is 7. The largest absolute Gasteiger partial charge is 0.495 e. The van der Waals surface area contributed by atoms with Gasteiger partial charge in [0.25, 0.3) is 10.0 Å². The third-order valence-electron chi connectivity index (χ3n) is 7.83. The maximum atomic E-state index is 14.8. The van der Waals surface area contributed by atoms with Crippen molar-refractivity contribution in [2.24, 2.45) is 5.92 Å². The van der Waals surface area contributed by atoms with E-state index in [0.29, 0.717) is 22.9 Å². The SMILES string of the molecule is COc1ccc(S(=O)(=O)N(CC(=O)N(Cc2cccc(Cl)c2)C(Cc2ccccc2)C(=O)NCC(C)C)c2cc(Cl)ccc2OC)cc1OC. The Morgan fingerprint density at radius 1 is 0.760 bits per heavy atom. The zero-order chi connectivity index (χ0) is 36.4. The molecular formula is C37H41Cl2N3O7S. The first kappa shape index (κ1) is 38.4. The molecule has 0 spiro atoms. The first-order valence-electron chi connectivity index (χ1n) is 15.8. The lowest BCUT2D eigenvalue weighted by Crippen LogP contribution is -2.53. The quantitative estimate of drug-likeness (QED) is 0.137. The van der Waals surface area contributed by atoms with Crippen molar-refractivity contribution in [1.29, 1.82) is 0 Å². The molecule has 0 aliphatic rings. The molecule has 0 aromatic heterocycles. The van der Waals surface area contributed by atoms with E-state index >= 15 is 0 Å². The highest BCUT2D eigenvalue weighted by Crippen LogP contribution is 2.37. The summed E-state index contributed by atoms with van der Waals surface area (Å²) in [5.74, 6) is -0.248. The van der Waals surface area contributed by atoms with E-state index < -0.39 is 28.5 Å². The van der Waals surface area contributed by atoms with Gasteiger partial charge in [-0.25, -0.2) is 8.42 Å². The number of ether oxygens (including phenoxy) is 3. The highest BCUT2D eigenvalue weighted by molar-refractivity contribution is 7.92. The number of methoxy groups -OCH3 is 3. The summed E-state index contributed by atoms with van der Waals surface area (Å²) in [5.41, 5.74) is 1.48. The Balaban J connectivity index is 1.88. The third kappa shape index (κ3) is 9.62. The topological polar surface area (TPSA) is 114 Å². The fraction of sp³-hybridized carbons (Fsp3) is 0.297. The number of nitrogens with one attached hydrogen (secondary N) is 1. The Bertz CT molecular complexity index is 1890. The van der Waals surface area contributed by atoms with Crippen LogP contribution < -0.4 is 23.8 Å². The summed E-state index contributed by atoms with van der Waals surface area (Å²) in [4.78, 5) is 30.0. The molecule has 13 heteroatoms. The van der Waals surface area contributed by atoms with Crippen molar-refractivity contribution in [2.75, 3.05) is 38.7 Å². The van der Waals surface area contributed by atoms with Crippen molar-refractivity contribution in [1.82, 2.24) is 10.2 Å². The molecule has 50 heavy (non-hydrogen) atoms. The van der Waals surface area contributed by atoms with Gasteiger partial charge in [0, 0.05) is 35.6 Å². The van der Waals surface area contributed by atoms with E-state index in [4.69, 9.17) is 37.4 Å². The van der Waals surface area contributed by atoms with Crippen molar-refractivity contribution < 1.29 is 32.2 Å². The van der Waals surface area contributed by atoms with Crippen LogP contribution >= 0.6 is 23.2 Å². The van der Waals surface area contributed by atoms with E-state index in [0.717, 1.165) is 9.87 Å². The van der Waals surface area contributed by atoms with Crippen molar-refractivity contribution >= 4 is 50.7 Å². The van der Waals surface area contributed by atoms with Crippen LogP contribution in [0.15, 0.2) is 95.9 Å². The Kier molecular flexibility index (Phi) is 13.4. The number of nitrogens with zero attached hydrogens (tertiary/aromatic N) is 2. The van der Waals surface area contributed by atoms with Crippen LogP contribution in [0.4, 0.5) is 5.69 Å². The normalized spacial score (nSPS) is 11.8. The minimum Gasteiger partial charge on any atom is -0.495 e. The van der Waals surface area contributed by atoms with Crippen LogP contribution in [0.5, 0.6) is 17.2 Å². The van der Waals surface area contributed by atoms with Gasteiger partial charge in [-0.1, -0.05) is 79.5 Å². The van der Waals surface area contributed by atoms with Crippen molar-refractivity contribution in [3.63, 3.8) is 0 Å². The lowest BCUT2D eigenvalue weighted by atomic mass is 10.0. The van der Waals surface area contributed by atoms with E-state index in [1.807, 2.05) is 44.2 Å². The van der Waals surface area contributed by atoms with Crippen molar-refractivity contribution in [2.45, 2.75) is 37.8 Å². The molecule has 4 aromatic carbocycles. The molecule has 1 atom stereocenters. The zero-order valence-corrected chi connectivity index (χ0v) is 30.9. The number of sulfonamides is 1. The molecule has 0 saturated carbocycles. The summed E-state index contributed by atoms with van der Waals surface area (Å²) in [6, 6.07) is 23.8. The number of benzene rings is 4. The fourth-order valence-electron chi connectivity index (χ4n) is 5.28. The molecule has 1 N–H and O–H groups in total. The van der Waals surface area contributed by atoms with E-state index in [2.05, 4.69) is 5.32 Å². The van der Waals surface area contributed by atoms with Crippen LogP contribution in [-0.2, 0) is 32.6 Å². The standard InChI is InChI=1S/C37H41Cl2N3O7S/c1-25(2)22-40-37(44)32(19-26-10-7-6-8-11-26)41(23-27-12-9-13-28(38)18-27)36(43)24-42(31-20-29(39)14-16-33(31)47-3)50(45,46)30-15-17-34(48-4)35(21-30)49-5/h6-18,20-21,25,32H,19,22-24H2,1-5H3,(H,40,44). The van der Waals surface area contributed by atoms with Crippen LogP contribution in [0.3, 0.4) is 0 Å². The molecule has 0 bridgehead atoms. The van der Waals surface area contributed by atoms with E-state index in [1.165, 1.54) is 56.6 Å². The number of halogens is 2. The molecule has 4 aromatic rings. The number of hydrogen-bond donors (Lipinski definition) is 1. The van der Waals surface area contributed by atoms with Gasteiger partial charge in [-0.15, -0.1) is 0 Å². The van der Waals surface area contributed by atoms with Crippen molar-refractivity contribution in [3.8, 4) is 17.2 Å². The summed E-state index contributed by atoms with van der Waals surface area (Å²) in [6.45, 7) is 3.57. The van der Waals surface area contributed by atoms with Gasteiger partial charge in [-0.3, -0.25) is 13.9 Å². The molecule has 1 unspecified atom stereocenters. The van der Waals surface area contributed by atoms with E-state index in [9.17, 15) is 18.0 Å². The predicted molar refractivity (Wildman–Crippen MR) is 196 cm³/mol. The number of rotatable bonds is 16. The van der Waals surface area contributed by atoms with Crippen LogP contribution in [0.1, 0.15) is 25.0 Å². The molecular weight excluding hydrogens is 701 g/mol. The molecule has 4 rings (SSSR count). The summed E-state index contributed by atoms with van der Waals surface area (Å²) in [5, 5.41) is 3.63. The predicted octanol–water partition coefficient (Wildman–Crippen LogP) is 6.63. The number of amides is 2. The molecule has 0 saturated heterocycles. The first-order chi connectivity index (χ1) is 23.9. The molecule has 0 radical (unpaired) electrons. The van der Waals surface area contributed by atoms with Crippen LogP contribution in [0, 0.1) is 5.92 Å². The average Bonchev–Trinajstić information content (AvgIpc) is 3.10. The maximum absolute atomic E-state index is 14.8. The van der Waals surface area contributed by atoms with Gasteiger partial charge in [0.2, 0.25) is 11.8 Å². The molecule has 2 amide bonds. The number of anilines is 1. The highest BCUT2D eigenvalue weighted by Gasteiger charge is 2.36.